The second-order valence-corrected chi connectivity index (χ2v) is 4.43. The van der Waals surface area contributed by atoms with E-state index in [9.17, 15) is 5.21 Å². The van der Waals surface area contributed by atoms with Crippen LogP contribution < -0.4 is 4.74 Å². The van der Waals surface area contributed by atoms with Crippen molar-refractivity contribution >= 4 is 0 Å². The zero-order chi connectivity index (χ0) is 14.2. The molecule has 106 valence electrons. The molecule has 0 fully saturated rings. The minimum Gasteiger partial charge on any atom is -0.489 e. The first-order valence-electron chi connectivity index (χ1n) is 6.54. The van der Waals surface area contributed by atoms with Crippen molar-refractivity contribution in [3.05, 3.63) is 65.7 Å². The van der Waals surface area contributed by atoms with E-state index >= 15 is 0 Å². The maximum atomic E-state index is 9.17. The van der Waals surface area contributed by atoms with Gasteiger partial charge in [-0.1, -0.05) is 47.7 Å². The maximum absolute atomic E-state index is 9.17. The number of rotatable bonds is 7. The molecule has 0 aliphatic carbocycles. The fraction of sp³-hybridized carbons (Fsp3) is 0.250. The monoisotopic (exact) mass is 273 g/mol. The van der Waals surface area contributed by atoms with Gasteiger partial charge in [0, 0.05) is 0 Å². The quantitative estimate of drug-likeness (QED) is 0.787. The summed E-state index contributed by atoms with van der Waals surface area (Å²) in [4.78, 5) is 4.65. The zero-order valence-electron chi connectivity index (χ0n) is 11.5. The van der Waals surface area contributed by atoms with Crippen LogP contribution in [-0.4, -0.2) is 24.1 Å². The van der Waals surface area contributed by atoms with Gasteiger partial charge in [-0.2, -0.15) is 0 Å². The van der Waals surface area contributed by atoms with Crippen molar-refractivity contribution in [2.24, 2.45) is 0 Å². The molecule has 0 bridgehead atoms. The van der Waals surface area contributed by atoms with Crippen molar-refractivity contribution in [3.63, 3.8) is 0 Å². The Morgan fingerprint density at radius 3 is 2.30 bits per heavy atom. The summed E-state index contributed by atoms with van der Waals surface area (Å²) in [5.41, 5.74) is 2.26. The van der Waals surface area contributed by atoms with Gasteiger partial charge in [0.15, 0.2) is 0 Å². The minimum atomic E-state index is 0.431. The molecule has 0 saturated carbocycles. The summed E-state index contributed by atoms with van der Waals surface area (Å²) in [6, 6.07) is 17.9. The predicted molar refractivity (Wildman–Crippen MR) is 76.4 cm³/mol. The van der Waals surface area contributed by atoms with Crippen molar-refractivity contribution in [3.8, 4) is 5.75 Å². The molecule has 2 aromatic carbocycles. The molecule has 1 N–H and O–H groups in total. The first kappa shape index (κ1) is 14.5. The standard InChI is InChI=1S/C16H19NO3/c1-19-17(18)12-11-14-7-9-16(10-8-14)20-13-15-5-3-2-4-6-15/h2-10,18H,11-13H2,1H3. The van der Waals surface area contributed by atoms with Crippen LogP contribution in [0.1, 0.15) is 11.1 Å². The number of ether oxygens (including phenoxy) is 1. The highest BCUT2D eigenvalue weighted by Gasteiger charge is 2.00. The molecular formula is C16H19NO3. The maximum Gasteiger partial charge on any atom is 0.119 e. The van der Waals surface area contributed by atoms with Gasteiger partial charge in [-0.3, -0.25) is 10.0 Å². The summed E-state index contributed by atoms with van der Waals surface area (Å²) in [5.74, 6) is 0.838. The van der Waals surface area contributed by atoms with Crippen LogP contribution in [0.3, 0.4) is 0 Å². The van der Waals surface area contributed by atoms with Gasteiger partial charge in [0.05, 0.1) is 13.7 Å². The van der Waals surface area contributed by atoms with E-state index in [1.54, 1.807) is 0 Å². The predicted octanol–water partition coefficient (Wildman–Crippen LogP) is 3.06. The van der Waals surface area contributed by atoms with Crippen LogP contribution in [0.15, 0.2) is 54.6 Å². The molecule has 0 radical (unpaired) electrons. The third kappa shape index (κ3) is 4.66. The number of hydrogen-bond acceptors (Lipinski definition) is 4. The first-order valence-corrected chi connectivity index (χ1v) is 6.54. The zero-order valence-corrected chi connectivity index (χ0v) is 11.5. The van der Waals surface area contributed by atoms with E-state index in [0.29, 0.717) is 19.6 Å². The molecule has 0 heterocycles. The second-order valence-electron chi connectivity index (χ2n) is 4.43. The topological polar surface area (TPSA) is 41.9 Å². The molecule has 0 aliphatic rings. The third-order valence-corrected chi connectivity index (χ3v) is 2.97. The Morgan fingerprint density at radius 2 is 1.65 bits per heavy atom. The van der Waals surface area contributed by atoms with Crippen LogP contribution in [0.2, 0.25) is 0 Å². The average molecular weight is 273 g/mol. The Hall–Kier alpha value is -1.88. The van der Waals surface area contributed by atoms with E-state index in [1.165, 1.54) is 7.11 Å². The molecule has 0 aliphatic heterocycles. The SMILES string of the molecule is CON(O)CCc1ccc(OCc2ccccc2)cc1. The molecule has 0 aromatic heterocycles. The normalized spacial score (nSPS) is 10.8. The first-order chi connectivity index (χ1) is 9.78. The summed E-state index contributed by atoms with van der Waals surface area (Å²) in [5, 5.41) is 9.99. The van der Waals surface area contributed by atoms with Gasteiger partial charge >= 0.3 is 0 Å². The van der Waals surface area contributed by atoms with Gasteiger partial charge in [0.1, 0.15) is 12.4 Å². The van der Waals surface area contributed by atoms with Crippen molar-refractivity contribution < 1.29 is 14.8 Å². The largest absolute Gasteiger partial charge is 0.489 e. The number of nitrogens with zero attached hydrogens (tertiary/aromatic N) is 1. The molecular weight excluding hydrogens is 254 g/mol. The lowest BCUT2D eigenvalue weighted by Crippen LogP contribution is -2.20. The Bertz CT molecular complexity index is 499. The van der Waals surface area contributed by atoms with E-state index in [2.05, 4.69) is 4.84 Å². The Morgan fingerprint density at radius 1 is 0.950 bits per heavy atom. The van der Waals surface area contributed by atoms with Crippen molar-refractivity contribution in [2.45, 2.75) is 13.0 Å². The Labute approximate surface area is 119 Å². The Kier molecular flexibility index (Phi) is 5.55. The van der Waals surface area contributed by atoms with Gasteiger partial charge in [-0.05, 0) is 29.7 Å². The highest BCUT2D eigenvalue weighted by Crippen LogP contribution is 2.14. The number of benzene rings is 2. The fourth-order valence-corrected chi connectivity index (χ4v) is 1.81. The molecule has 20 heavy (non-hydrogen) atoms. The van der Waals surface area contributed by atoms with Crippen LogP contribution >= 0.6 is 0 Å². The third-order valence-electron chi connectivity index (χ3n) is 2.97. The molecule has 2 aromatic rings. The minimum absolute atomic E-state index is 0.431. The lowest BCUT2D eigenvalue weighted by Gasteiger charge is -2.11. The lowest BCUT2D eigenvalue weighted by molar-refractivity contribution is -0.324. The van der Waals surface area contributed by atoms with Crippen molar-refractivity contribution in [1.82, 2.24) is 5.23 Å². The van der Waals surface area contributed by atoms with Gasteiger partial charge in [-0.15, -0.1) is 0 Å². The fourth-order valence-electron chi connectivity index (χ4n) is 1.81. The molecule has 0 unspecified atom stereocenters. The second kappa shape index (κ2) is 7.65. The van der Waals surface area contributed by atoms with Crippen LogP contribution in [0.25, 0.3) is 0 Å². The van der Waals surface area contributed by atoms with E-state index in [0.717, 1.165) is 22.1 Å². The van der Waals surface area contributed by atoms with E-state index < -0.39 is 0 Å². The van der Waals surface area contributed by atoms with E-state index in [1.807, 2.05) is 54.6 Å². The molecule has 0 atom stereocenters. The van der Waals surface area contributed by atoms with Crippen molar-refractivity contribution in [2.75, 3.05) is 13.7 Å². The number of hydroxylamine groups is 2. The smallest absolute Gasteiger partial charge is 0.119 e. The summed E-state index contributed by atoms with van der Waals surface area (Å²) in [6.45, 7) is 0.995. The molecule has 2 rings (SSSR count). The van der Waals surface area contributed by atoms with Crippen LogP contribution in [0.4, 0.5) is 0 Å². The summed E-state index contributed by atoms with van der Waals surface area (Å²) < 4.78 is 5.71. The lowest BCUT2D eigenvalue weighted by atomic mass is 10.1. The van der Waals surface area contributed by atoms with Crippen LogP contribution in [-0.2, 0) is 17.9 Å². The highest BCUT2D eigenvalue weighted by atomic mass is 16.9. The van der Waals surface area contributed by atoms with Gasteiger partial charge < -0.3 is 4.74 Å². The molecule has 0 saturated heterocycles. The highest BCUT2D eigenvalue weighted by molar-refractivity contribution is 5.28. The molecule has 0 spiro atoms. The van der Waals surface area contributed by atoms with E-state index in [-0.39, 0.29) is 0 Å². The van der Waals surface area contributed by atoms with Gasteiger partial charge in [-0.25, -0.2) is 0 Å². The average Bonchev–Trinajstić information content (AvgIpc) is 2.52. The van der Waals surface area contributed by atoms with Crippen molar-refractivity contribution in [1.29, 1.82) is 0 Å². The van der Waals surface area contributed by atoms with Crippen LogP contribution in [0, 0.1) is 0 Å². The molecule has 0 amide bonds. The summed E-state index contributed by atoms with van der Waals surface area (Å²) in [6.07, 6.45) is 0.712. The number of hydrogen-bond donors (Lipinski definition) is 1. The van der Waals surface area contributed by atoms with Crippen LogP contribution in [0.5, 0.6) is 5.75 Å². The van der Waals surface area contributed by atoms with Gasteiger partial charge in [0.2, 0.25) is 0 Å². The molecule has 4 heteroatoms. The van der Waals surface area contributed by atoms with Gasteiger partial charge in [0.25, 0.3) is 0 Å². The summed E-state index contributed by atoms with van der Waals surface area (Å²) >= 11 is 0. The molecule has 4 nitrogen and oxygen atoms in total. The van der Waals surface area contributed by atoms with E-state index in [4.69, 9.17) is 4.74 Å². The Balaban J connectivity index is 1.82. The summed E-state index contributed by atoms with van der Waals surface area (Å²) in [7, 11) is 1.43.